The number of hydrogen-bond donors (Lipinski definition) is 0. The van der Waals surface area contributed by atoms with Crippen LogP contribution in [-0.4, -0.2) is 36.6 Å². The van der Waals surface area contributed by atoms with Crippen LogP contribution in [0.15, 0.2) is 0 Å². The monoisotopic (exact) mass is 266 g/mol. The minimum Gasteiger partial charge on any atom is -0.372 e. The molecule has 1 saturated carbocycles. The molecule has 1 aliphatic carbocycles. The number of rotatable bonds is 3. The topological polar surface area (TPSA) is 42.4 Å². The lowest BCUT2D eigenvalue weighted by molar-refractivity contribution is -0.0277. The Morgan fingerprint density at radius 3 is 2.89 bits per heavy atom. The van der Waals surface area contributed by atoms with E-state index in [9.17, 15) is 4.79 Å². The zero-order valence-electron chi connectivity index (χ0n) is 10.8. The third-order valence-electron chi connectivity index (χ3n) is 3.44. The van der Waals surface area contributed by atoms with Gasteiger partial charge >= 0.3 is 0 Å². The molecule has 0 unspecified atom stereocenters. The molecule has 0 radical (unpaired) electrons. The Hall–Kier alpha value is -0.940. The van der Waals surface area contributed by atoms with Crippen molar-refractivity contribution in [2.45, 2.75) is 38.2 Å². The maximum absolute atomic E-state index is 11.1. The third-order valence-corrected chi connectivity index (χ3v) is 4.49. The van der Waals surface area contributed by atoms with Crippen LogP contribution < -0.4 is 4.90 Å². The number of anilines is 1. The van der Waals surface area contributed by atoms with E-state index in [2.05, 4.69) is 23.7 Å². The van der Waals surface area contributed by atoms with Gasteiger partial charge in [-0.25, -0.2) is 4.98 Å². The maximum Gasteiger partial charge on any atom is 0.186 e. The fourth-order valence-corrected chi connectivity index (χ4v) is 3.37. The molecule has 1 aliphatic heterocycles. The molecule has 18 heavy (non-hydrogen) atoms. The average Bonchev–Trinajstić information content (AvgIpc) is 3.07. The molecule has 0 bridgehead atoms. The number of aldehydes is 1. The first-order chi connectivity index (χ1) is 8.59. The second-order valence-corrected chi connectivity index (χ2v) is 6.68. The number of carbonyl (C=O) groups excluding carboxylic acids is 1. The van der Waals surface area contributed by atoms with Gasteiger partial charge in [0.2, 0.25) is 0 Å². The fourth-order valence-electron chi connectivity index (χ4n) is 2.38. The minimum absolute atomic E-state index is 0.134. The predicted molar refractivity (Wildman–Crippen MR) is 71.7 cm³/mol. The van der Waals surface area contributed by atoms with Crippen molar-refractivity contribution in [1.82, 2.24) is 4.98 Å². The number of ether oxygens (including phenoxy) is 1. The van der Waals surface area contributed by atoms with Crippen molar-refractivity contribution in [3.8, 4) is 0 Å². The van der Waals surface area contributed by atoms with Crippen LogP contribution in [0, 0.1) is 0 Å². The summed E-state index contributed by atoms with van der Waals surface area (Å²) in [6.45, 7) is 6.61. The van der Waals surface area contributed by atoms with Gasteiger partial charge in [0.25, 0.3) is 0 Å². The highest BCUT2D eigenvalue weighted by atomic mass is 32.1. The summed E-state index contributed by atoms with van der Waals surface area (Å²) in [5.41, 5.74) is 0.889. The molecule has 0 spiro atoms. The first-order valence-corrected chi connectivity index (χ1v) is 7.25. The first kappa shape index (κ1) is 12.1. The lowest BCUT2D eigenvalue weighted by Gasteiger charge is -2.37. The summed E-state index contributed by atoms with van der Waals surface area (Å²) in [4.78, 5) is 18.9. The molecule has 5 heteroatoms. The van der Waals surface area contributed by atoms with Crippen LogP contribution in [0.5, 0.6) is 0 Å². The van der Waals surface area contributed by atoms with Gasteiger partial charge in [0, 0.05) is 19.0 Å². The summed E-state index contributed by atoms with van der Waals surface area (Å²) in [5.74, 6) is 0.532. The molecule has 98 valence electrons. The smallest absolute Gasteiger partial charge is 0.186 e. The Kier molecular flexibility index (Phi) is 2.90. The van der Waals surface area contributed by atoms with Crippen molar-refractivity contribution in [3.05, 3.63) is 10.6 Å². The molecular formula is C13H18N2O2S. The van der Waals surface area contributed by atoms with Crippen LogP contribution in [0.1, 0.15) is 48.0 Å². The van der Waals surface area contributed by atoms with Crippen molar-refractivity contribution >= 4 is 22.8 Å². The Morgan fingerprint density at radius 2 is 2.28 bits per heavy atom. The summed E-state index contributed by atoms with van der Waals surface area (Å²) in [7, 11) is 0. The van der Waals surface area contributed by atoms with Crippen LogP contribution in [-0.2, 0) is 4.74 Å². The van der Waals surface area contributed by atoms with Crippen LogP contribution in [0.2, 0.25) is 0 Å². The summed E-state index contributed by atoms with van der Waals surface area (Å²) in [6.07, 6.45) is 3.32. The second kappa shape index (κ2) is 4.31. The molecule has 4 nitrogen and oxygen atoms in total. The zero-order chi connectivity index (χ0) is 12.8. The van der Waals surface area contributed by atoms with Gasteiger partial charge in [-0.3, -0.25) is 4.79 Å². The molecule has 0 atom stereocenters. The SMILES string of the molecule is CC1(C)CN(c2nc(C3CC3)c(C=O)s2)CCO1. The molecule has 0 N–H and O–H groups in total. The molecule has 0 aromatic carbocycles. The highest BCUT2D eigenvalue weighted by Gasteiger charge is 2.33. The van der Waals surface area contributed by atoms with Crippen LogP contribution >= 0.6 is 11.3 Å². The van der Waals surface area contributed by atoms with Gasteiger partial charge in [0.05, 0.1) is 22.8 Å². The summed E-state index contributed by atoms with van der Waals surface area (Å²) >= 11 is 1.53. The van der Waals surface area contributed by atoms with Crippen molar-refractivity contribution in [3.63, 3.8) is 0 Å². The van der Waals surface area contributed by atoms with E-state index in [1.54, 1.807) is 0 Å². The van der Waals surface area contributed by atoms with E-state index in [0.717, 1.165) is 41.7 Å². The van der Waals surface area contributed by atoms with E-state index in [-0.39, 0.29) is 5.60 Å². The maximum atomic E-state index is 11.1. The number of nitrogens with zero attached hydrogens (tertiary/aromatic N) is 2. The Bertz CT molecular complexity index is 466. The van der Waals surface area contributed by atoms with E-state index in [1.807, 2.05) is 0 Å². The highest BCUT2D eigenvalue weighted by molar-refractivity contribution is 7.17. The molecule has 1 aromatic rings. The molecule has 2 aliphatic rings. The fraction of sp³-hybridized carbons (Fsp3) is 0.692. The summed E-state index contributed by atoms with van der Waals surface area (Å²) in [6, 6.07) is 0. The van der Waals surface area contributed by atoms with E-state index >= 15 is 0 Å². The minimum atomic E-state index is -0.134. The van der Waals surface area contributed by atoms with Gasteiger partial charge in [-0.05, 0) is 26.7 Å². The van der Waals surface area contributed by atoms with Crippen LogP contribution in [0.3, 0.4) is 0 Å². The van der Waals surface area contributed by atoms with E-state index in [0.29, 0.717) is 5.92 Å². The number of morpholine rings is 1. The number of carbonyl (C=O) groups is 1. The Labute approximate surface area is 111 Å². The lowest BCUT2D eigenvalue weighted by Crippen LogP contribution is -2.48. The van der Waals surface area contributed by atoms with Gasteiger partial charge in [-0.2, -0.15) is 0 Å². The quantitative estimate of drug-likeness (QED) is 0.788. The van der Waals surface area contributed by atoms with Gasteiger partial charge in [0.15, 0.2) is 11.4 Å². The van der Waals surface area contributed by atoms with Crippen LogP contribution in [0.25, 0.3) is 0 Å². The standard InChI is InChI=1S/C13H18N2O2S/c1-13(2)8-15(5-6-17-13)12-14-11(9-3-4-9)10(7-16)18-12/h7,9H,3-6,8H2,1-2H3. The van der Waals surface area contributed by atoms with E-state index in [4.69, 9.17) is 4.74 Å². The molecule has 0 amide bonds. The Balaban J connectivity index is 1.85. The van der Waals surface area contributed by atoms with Crippen LogP contribution in [0.4, 0.5) is 5.13 Å². The van der Waals surface area contributed by atoms with E-state index < -0.39 is 0 Å². The first-order valence-electron chi connectivity index (χ1n) is 6.44. The van der Waals surface area contributed by atoms with Crippen molar-refractivity contribution in [2.24, 2.45) is 0 Å². The second-order valence-electron chi connectivity index (χ2n) is 5.67. The zero-order valence-corrected chi connectivity index (χ0v) is 11.6. The van der Waals surface area contributed by atoms with E-state index in [1.165, 1.54) is 24.2 Å². The highest BCUT2D eigenvalue weighted by Crippen LogP contribution is 2.43. The largest absolute Gasteiger partial charge is 0.372 e. The molecule has 2 heterocycles. The number of thiazole rings is 1. The molecule has 1 saturated heterocycles. The average molecular weight is 266 g/mol. The summed E-state index contributed by atoms with van der Waals surface area (Å²) in [5, 5.41) is 0.982. The number of hydrogen-bond acceptors (Lipinski definition) is 5. The van der Waals surface area contributed by atoms with Gasteiger partial charge < -0.3 is 9.64 Å². The molecule has 2 fully saturated rings. The number of aromatic nitrogens is 1. The molecule has 3 rings (SSSR count). The van der Waals surface area contributed by atoms with Gasteiger partial charge in [-0.1, -0.05) is 11.3 Å². The van der Waals surface area contributed by atoms with Gasteiger partial charge in [-0.15, -0.1) is 0 Å². The van der Waals surface area contributed by atoms with Crippen molar-refractivity contribution < 1.29 is 9.53 Å². The Morgan fingerprint density at radius 1 is 1.50 bits per heavy atom. The van der Waals surface area contributed by atoms with Gasteiger partial charge in [0.1, 0.15) is 0 Å². The normalized spacial score (nSPS) is 23.1. The lowest BCUT2D eigenvalue weighted by atomic mass is 10.1. The summed E-state index contributed by atoms with van der Waals surface area (Å²) < 4.78 is 5.71. The molecule has 1 aromatic heterocycles. The van der Waals surface area contributed by atoms with Crippen molar-refractivity contribution in [2.75, 3.05) is 24.6 Å². The van der Waals surface area contributed by atoms with Crippen molar-refractivity contribution in [1.29, 1.82) is 0 Å². The molecular weight excluding hydrogens is 248 g/mol. The third kappa shape index (κ3) is 2.29. The predicted octanol–water partition coefficient (Wildman–Crippen LogP) is 2.45.